The van der Waals surface area contributed by atoms with Crippen LogP contribution in [0.5, 0.6) is 0 Å². The highest BCUT2D eigenvalue weighted by Gasteiger charge is 2.33. The van der Waals surface area contributed by atoms with Crippen molar-refractivity contribution >= 4 is 23.7 Å². The van der Waals surface area contributed by atoms with Crippen molar-refractivity contribution < 1.29 is 13.9 Å². The minimum atomic E-state index is -0.625. The van der Waals surface area contributed by atoms with Gasteiger partial charge in [-0.25, -0.2) is 4.79 Å². The lowest BCUT2D eigenvalue weighted by molar-refractivity contribution is -0.148. The molecule has 1 aromatic carbocycles. The lowest BCUT2D eigenvalue weighted by Crippen LogP contribution is -2.52. The van der Waals surface area contributed by atoms with Crippen molar-refractivity contribution in [1.29, 1.82) is 0 Å². The zero-order valence-electron chi connectivity index (χ0n) is 10.6. The zero-order chi connectivity index (χ0) is 13.8. The molecule has 0 spiro atoms. The predicted octanol–water partition coefficient (Wildman–Crippen LogP) is 1.20. The van der Waals surface area contributed by atoms with E-state index in [-0.39, 0.29) is 18.5 Å². The molecule has 1 unspecified atom stereocenters. The average Bonchev–Trinajstić information content (AvgIpc) is 2.42. The van der Waals surface area contributed by atoms with Crippen molar-refractivity contribution in [1.82, 2.24) is 9.80 Å². The Labute approximate surface area is 116 Å². The summed E-state index contributed by atoms with van der Waals surface area (Å²) in [6.45, 7) is 0.833. The van der Waals surface area contributed by atoms with Crippen LogP contribution in [-0.4, -0.2) is 48.4 Å². The monoisotopic (exact) mass is 282 g/mol. The van der Waals surface area contributed by atoms with Gasteiger partial charge in [0, 0.05) is 6.54 Å². The molecule has 0 bridgehead atoms. The fourth-order valence-electron chi connectivity index (χ4n) is 2.28. The van der Waals surface area contributed by atoms with E-state index in [0.717, 1.165) is 5.56 Å². The van der Waals surface area contributed by atoms with Gasteiger partial charge in [-0.1, -0.05) is 30.3 Å². The van der Waals surface area contributed by atoms with Gasteiger partial charge in [-0.05, 0) is 12.6 Å². The van der Waals surface area contributed by atoms with E-state index in [2.05, 4.69) is 4.29 Å². The van der Waals surface area contributed by atoms with Gasteiger partial charge in [0.1, 0.15) is 18.4 Å². The Morgan fingerprint density at radius 3 is 2.74 bits per heavy atom. The normalized spacial score (nSPS) is 20.4. The molecule has 1 aromatic rings. The Kier molecular flexibility index (Phi) is 4.39. The van der Waals surface area contributed by atoms with Crippen LogP contribution in [0.1, 0.15) is 11.6 Å². The molecule has 0 saturated carbocycles. The highest BCUT2D eigenvalue weighted by atomic mass is 35.5. The van der Waals surface area contributed by atoms with Gasteiger partial charge >= 0.3 is 5.97 Å². The third-order valence-electron chi connectivity index (χ3n) is 3.16. The Balaban J connectivity index is 2.24. The van der Waals surface area contributed by atoms with E-state index in [0.29, 0.717) is 13.1 Å². The molecule has 1 fully saturated rings. The number of amides is 1. The van der Waals surface area contributed by atoms with Gasteiger partial charge < -0.3 is 9.19 Å². The van der Waals surface area contributed by atoms with Crippen molar-refractivity contribution in [3.63, 3.8) is 0 Å². The van der Waals surface area contributed by atoms with Crippen LogP contribution in [-0.2, 0) is 13.9 Å². The summed E-state index contributed by atoms with van der Waals surface area (Å²) >= 11 is 5.04. The second-order valence-electron chi connectivity index (χ2n) is 4.59. The second-order valence-corrected chi connectivity index (χ2v) is 4.75. The molecule has 0 radical (unpaired) electrons. The molecule has 19 heavy (non-hydrogen) atoms. The van der Waals surface area contributed by atoms with Crippen molar-refractivity contribution in [2.75, 3.05) is 26.7 Å². The summed E-state index contributed by atoms with van der Waals surface area (Å²) < 4.78 is 4.14. The molecule has 0 aromatic heterocycles. The first kappa shape index (κ1) is 13.8. The molecule has 1 atom stereocenters. The zero-order valence-corrected chi connectivity index (χ0v) is 11.3. The molecule has 5 nitrogen and oxygen atoms in total. The van der Waals surface area contributed by atoms with Crippen LogP contribution in [0.15, 0.2) is 30.3 Å². The Bertz CT molecular complexity index is 466. The van der Waals surface area contributed by atoms with E-state index in [4.69, 9.17) is 11.9 Å². The minimum Gasteiger partial charge on any atom is -0.346 e. The average molecular weight is 283 g/mol. The molecule has 2 rings (SSSR count). The van der Waals surface area contributed by atoms with Crippen molar-refractivity contribution in [2.45, 2.75) is 6.04 Å². The van der Waals surface area contributed by atoms with Crippen molar-refractivity contribution in [3.05, 3.63) is 35.9 Å². The van der Waals surface area contributed by atoms with Crippen LogP contribution in [0.4, 0.5) is 0 Å². The first-order valence-electron chi connectivity index (χ1n) is 5.96. The van der Waals surface area contributed by atoms with E-state index in [1.54, 1.807) is 0 Å². The van der Waals surface area contributed by atoms with Gasteiger partial charge in [-0.3, -0.25) is 9.69 Å². The number of piperazine rings is 1. The lowest BCUT2D eigenvalue weighted by Gasteiger charge is -2.39. The Morgan fingerprint density at radius 1 is 1.42 bits per heavy atom. The summed E-state index contributed by atoms with van der Waals surface area (Å²) in [5, 5.41) is 0. The number of benzene rings is 1. The predicted molar refractivity (Wildman–Crippen MR) is 70.3 cm³/mol. The maximum absolute atomic E-state index is 12.1. The van der Waals surface area contributed by atoms with Gasteiger partial charge in [0.15, 0.2) is 0 Å². The molecule has 6 heteroatoms. The number of carbonyl (C=O) groups excluding carboxylic acids is 2. The smallest absolute Gasteiger partial charge is 0.343 e. The summed E-state index contributed by atoms with van der Waals surface area (Å²) in [7, 11) is 1.88. The van der Waals surface area contributed by atoms with Crippen LogP contribution in [0.25, 0.3) is 0 Å². The molecular formula is C13H15ClN2O3. The maximum atomic E-state index is 12.1. The SMILES string of the molecule is CN1CC(=O)N(CC(=O)OCl)C(c2ccccc2)C1. The third-order valence-corrected chi connectivity index (χ3v) is 3.33. The van der Waals surface area contributed by atoms with Gasteiger partial charge in [0.2, 0.25) is 5.91 Å². The van der Waals surface area contributed by atoms with Crippen LogP contribution in [0.2, 0.25) is 0 Å². The van der Waals surface area contributed by atoms with Crippen LogP contribution < -0.4 is 0 Å². The Morgan fingerprint density at radius 2 is 2.11 bits per heavy atom. The van der Waals surface area contributed by atoms with Gasteiger partial charge in [-0.2, -0.15) is 0 Å². The topological polar surface area (TPSA) is 49.9 Å². The fourth-order valence-corrected chi connectivity index (χ4v) is 2.33. The lowest BCUT2D eigenvalue weighted by atomic mass is 10.0. The van der Waals surface area contributed by atoms with Gasteiger partial charge in [0.25, 0.3) is 0 Å². The molecule has 102 valence electrons. The summed E-state index contributed by atoms with van der Waals surface area (Å²) in [5.41, 5.74) is 0.991. The third kappa shape index (κ3) is 3.24. The van der Waals surface area contributed by atoms with Crippen LogP contribution in [0.3, 0.4) is 0 Å². The number of likely N-dealkylation sites (N-methyl/N-ethyl adjacent to an activating group) is 1. The minimum absolute atomic E-state index is 0.107. The number of carbonyl (C=O) groups is 2. The molecular weight excluding hydrogens is 268 g/mol. The molecule has 0 aliphatic carbocycles. The first-order chi connectivity index (χ1) is 9.11. The van der Waals surface area contributed by atoms with Crippen molar-refractivity contribution in [2.24, 2.45) is 0 Å². The molecule has 1 amide bonds. The quantitative estimate of drug-likeness (QED) is 0.836. The molecule has 1 saturated heterocycles. The number of halogens is 1. The number of hydrogen-bond acceptors (Lipinski definition) is 4. The van der Waals surface area contributed by atoms with E-state index < -0.39 is 5.97 Å². The standard InChI is InChI=1S/C13H15ClN2O3/c1-15-7-11(10-5-3-2-4-6-10)16(12(17)8-15)9-13(18)19-14/h2-6,11H,7-9H2,1H3. The molecule has 1 aliphatic heterocycles. The van der Waals surface area contributed by atoms with Crippen LogP contribution in [0, 0.1) is 0 Å². The van der Waals surface area contributed by atoms with Crippen molar-refractivity contribution in [3.8, 4) is 0 Å². The first-order valence-corrected chi connectivity index (χ1v) is 6.27. The maximum Gasteiger partial charge on any atom is 0.343 e. The highest BCUT2D eigenvalue weighted by molar-refractivity contribution is 6.13. The second kappa shape index (κ2) is 6.04. The molecule has 1 heterocycles. The van der Waals surface area contributed by atoms with Gasteiger partial charge in [-0.15, -0.1) is 0 Å². The molecule has 0 N–H and O–H groups in total. The number of rotatable bonds is 3. The summed E-state index contributed by atoms with van der Waals surface area (Å²) in [4.78, 5) is 26.8. The summed E-state index contributed by atoms with van der Waals surface area (Å²) in [6.07, 6.45) is 0. The molecule has 1 aliphatic rings. The largest absolute Gasteiger partial charge is 0.346 e. The number of hydrogen-bond donors (Lipinski definition) is 0. The highest BCUT2D eigenvalue weighted by Crippen LogP contribution is 2.25. The Hall–Kier alpha value is -1.59. The van der Waals surface area contributed by atoms with Gasteiger partial charge in [0.05, 0.1) is 12.6 Å². The summed E-state index contributed by atoms with van der Waals surface area (Å²) in [6, 6.07) is 9.45. The van der Waals surface area contributed by atoms with E-state index in [1.165, 1.54) is 4.90 Å². The number of nitrogens with zero attached hydrogens (tertiary/aromatic N) is 2. The van der Waals surface area contributed by atoms with E-state index in [9.17, 15) is 9.59 Å². The van der Waals surface area contributed by atoms with E-state index >= 15 is 0 Å². The van der Waals surface area contributed by atoms with E-state index in [1.807, 2.05) is 42.3 Å². The fraction of sp³-hybridized carbons (Fsp3) is 0.385. The van der Waals surface area contributed by atoms with Crippen LogP contribution >= 0.6 is 11.9 Å². The summed E-state index contributed by atoms with van der Waals surface area (Å²) in [5.74, 6) is -0.731.